The van der Waals surface area contributed by atoms with Crippen LogP contribution < -0.4 is 0 Å². The molecule has 1 nitrogen and oxygen atoms in total. The minimum absolute atomic E-state index is 0.357. The van der Waals surface area contributed by atoms with E-state index in [1.807, 2.05) is 0 Å². The molecule has 0 aliphatic heterocycles. The van der Waals surface area contributed by atoms with Crippen molar-refractivity contribution in [1.82, 2.24) is 0 Å². The molecule has 0 aromatic heterocycles. The molecule has 0 saturated heterocycles. The van der Waals surface area contributed by atoms with Gasteiger partial charge in [-0.2, -0.15) is 0 Å². The van der Waals surface area contributed by atoms with Gasteiger partial charge < -0.3 is 0 Å². The molecule has 2 rings (SSSR count). The molecule has 0 amide bonds. The lowest BCUT2D eigenvalue weighted by Gasteiger charge is -2.27. The van der Waals surface area contributed by atoms with E-state index < -0.39 is 0 Å². The Morgan fingerprint density at radius 3 is 2.31 bits per heavy atom. The number of carbonyl (C=O) groups excluding carboxylic acids is 1. The van der Waals surface area contributed by atoms with Gasteiger partial charge in [-0.05, 0) is 49.5 Å². The van der Waals surface area contributed by atoms with Crippen LogP contribution in [0.2, 0.25) is 0 Å². The van der Waals surface area contributed by atoms with E-state index in [1.165, 1.54) is 19.3 Å². The Morgan fingerprint density at radius 2 is 1.75 bits per heavy atom. The molecule has 0 aromatic rings. The first kappa shape index (κ1) is 11.9. The number of hydrogen-bond donors (Lipinski definition) is 0. The Labute approximate surface area is 99.3 Å². The van der Waals surface area contributed by atoms with Crippen LogP contribution in [0, 0.1) is 17.8 Å². The predicted octanol–water partition coefficient (Wildman–Crippen LogP) is 4.13. The van der Waals surface area contributed by atoms with Crippen molar-refractivity contribution in [3.8, 4) is 0 Å². The zero-order valence-corrected chi connectivity index (χ0v) is 10.7. The molecule has 0 N–H and O–H groups in total. The Bertz CT molecular complexity index is 282. The van der Waals surface area contributed by atoms with Gasteiger partial charge in [0.2, 0.25) is 0 Å². The molecule has 90 valence electrons. The van der Waals surface area contributed by atoms with Crippen LogP contribution >= 0.6 is 0 Å². The van der Waals surface area contributed by atoms with E-state index in [4.69, 9.17) is 0 Å². The maximum Gasteiger partial charge on any atom is 0.161 e. The summed E-state index contributed by atoms with van der Waals surface area (Å²) < 4.78 is 0. The van der Waals surface area contributed by atoms with Crippen LogP contribution in [0.25, 0.3) is 0 Å². The van der Waals surface area contributed by atoms with Crippen LogP contribution in [-0.2, 0) is 4.79 Å². The third-order valence-corrected chi connectivity index (χ3v) is 4.38. The van der Waals surface area contributed by atoms with Gasteiger partial charge in [0.05, 0.1) is 0 Å². The molecule has 0 spiro atoms. The second kappa shape index (κ2) is 5.16. The second-order valence-electron chi connectivity index (χ2n) is 5.93. The second-order valence-corrected chi connectivity index (χ2v) is 5.93. The minimum atomic E-state index is 0.357. The molecule has 2 aliphatic rings. The SMILES string of the molecule is CC1CC=C(C(=O)C2CCC(C)CC2)CC1. The Hall–Kier alpha value is -0.590. The van der Waals surface area contributed by atoms with Crippen LogP contribution in [-0.4, -0.2) is 5.78 Å². The number of ketones is 1. The lowest BCUT2D eigenvalue weighted by Crippen LogP contribution is -2.23. The van der Waals surface area contributed by atoms with Crippen molar-refractivity contribution in [3.05, 3.63) is 11.6 Å². The van der Waals surface area contributed by atoms with Gasteiger partial charge >= 0.3 is 0 Å². The zero-order valence-electron chi connectivity index (χ0n) is 10.7. The largest absolute Gasteiger partial charge is 0.294 e. The Morgan fingerprint density at radius 1 is 1.06 bits per heavy atom. The first-order chi connectivity index (χ1) is 7.66. The normalized spacial score (nSPS) is 35.6. The van der Waals surface area contributed by atoms with Crippen molar-refractivity contribution in [2.24, 2.45) is 17.8 Å². The molecule has 1 fully saturated rings. The summed E-state index contributed by atoms with van der Waals surface area (Å²) in [5, 5.41) is 0. The Kier molecular flexibility index (Phi) is 3.83. The molecule has 1 atom stereocenters. The fourth-order valence-corrected chi connectivity index (χ4v) is 2.97. The van der Waals surface area contributed by atoms with Gasteiger partial charge in [0, 0.05) is 5.92 Å². The fourth-order valence-electron chi connectivity index (χ4n) is 2.97. The van der Waals surface area contributed by atoms with Gasteiger partial charge in [-0.3, -0.25) is 4.79 Å². The maximum atomic E-state index is 12.3. The van der Waals surface area contributed by atoms with E-state index in [2.05, 4.69) is 19.9 Å². The molecule has 0 bridgehead atoms. The number of Topliss-reactive ketones (excluding diaryl/α,β-unsaturated/α-hetero) is 1. The predicted molar refractivity (Wildman–Crippen MR) is 67.2 cm³/mol. The summed E-state index contributed by atoms with van der Waals surface area (Å²) >= 11 is 0. The molecule has 16 heavy (non-hydrogen) atoms. The summed E-state index contributed by atoms with van der Waals surface area (Å²) in [5.74, 6) is 2.46. The highest BCUT2D eigenvalue weighted by molar-refractivity contribution is 5.97. The lowest BCUT2D eigenvalue weighted by atomic mass is 9.77. The average molecular weight is 220 g/mol. The summed E-state index contributed by atoms with van der Waals surface area (Å²) in [6.07, 6.45) is 10.3. The summed E-state index contributed by atoms with van der Waals surface area (Å²) in [7, 11) is 0. The minimum Gasteiger partial charge on any atom is -0.294 e. The zero-order chi connectivity index (χ0) is 11.5. The molecule has 2 aliphatic carbocycles. The first-order valence-electron chi connectivity index (χ1n) is 6.90. The van der Waals surface area contributed by atoms with Crippen molar-refractivity contribution < 1.29 is 4.79 Å². The average Bonchev–Trinajstić information content (AvgIpc) is 2.30. The van der Waals surface area contributed by atoms with Gasteiger partial charge in [0.25, 0.3) is 0 Å². The van der Waals surface area contributed by atoms with E-state index in [9.17, 15) is 4.79 Å². The highest BCUT2D eigenvalue weighted by Gasteiger charge is 2.27. The number of carbonyl (C=O) groups is 1. The van der Waals surface area contributed by atoms with Crippen molar-refractivity contribution >= 4 is 5.78 Å². The number of allylic oxidation sites excluding steroid dienone is 2. The van der Waals surface area contributed by atoms with Crippen molar-refractivity contribution in [3.63, 3.8) is 0 Å². The number of hydrogen-bond acceptors (Lipinski definition) is 1. The molecule has 0 heterocycles. The van der Waals surface area contributed by atoms with E-state index in [0.29, 0.717) is 11.7 Å². The smallest absolute Gasteiger partial charge is 0.161 e. The molecular weight excluding hydrogens is 196 g/mol. The summed E-state index contributed by atoms with van der Waals surface area (Å²) in [6.45, 7) is 4.59. The van der Waals surface area contributed by atoms with Gasteiger partial charge in [-0.1, -0.05) is 32.8 Å². The highest BCUT2D eigenvalue weighted by atomic mass is 16.1. The molecule has 0 radical (unpaired) electrons. The van der Waals surface area contributed by atoms with Crippen LogP contribution in [0.3, 0.4) is 0 Å². The third kappa shape index (κ3) is 2.75. The van der Waals surface area contributed by atoms with E-state index >= 15 is 0 Å². The molecule has 1 unspecified atom stereocenters. The lowest BCUT2D eigenvalue weighted by molar-refractivity contribution is -0.120. The van der Waals surface area contributed by atoms with Crippen molar-refractivity contribution in [2.45, 2.75) is 58.8 Å². The summed E-state index contributed by atoms with van der Waals surface area (Å²) in [5.41, 5.74) is 1.15. The fraction of sp³-hybridized carbons (Fsp3) is 0.800. The molecule has 1 heteroatoms. The molecule has 0 aromatic carbocycles. The summed E-state index contributed by atoms with van der Waals surface area (Å²) in [4.78, 5) is 12.3. The Balaban J connectivity index is 1.92. The van der Waals surface area contributed by atoms with Crippen LogP contribution in [0.15, 0.2) is 11.6 Å². The molecule has 1 saturated carbocycles. The number of rotatable bonds is 2. The van der Waals surface area contributed by atoms with Crippen LogP contribution in [0.1, 0.15) is 58.8 Å². The monoisotopic (exact) mass is 220 g/mol. The third-order valence-electron chi connectivity index (χ3n) is 4.38. The van der Waals surface area contributed by atoms with E-state index in [1.54, 1.807) is 0 Å². The van der Waals surface area contributed by atoms with Crippen molar-refractivity contribution in [1.29, 1.82) is 0 Å². The van der Waals surface area contributed by atoms with Gasteiger partial charge in [-0.25, -0.2) is 0 Å². The van der Waals surface area contributed by atoms with Crippen molar-refractivity contribution in [2.75, 3.05) is 0 Å². The van der Waals surface area contributed by atoms with Gasteiger partial charge in [0.1, 0.15) is 0 Å². The highest BCUT2D eigenvalue weighted by Crippen LogP contribution is 2.33. The van der Waals surface area contributed by atoms with Crippen LogP contribution in [0.4, 0.5) is 0 Å². The quantitative estimate of drug-likeness (QED) is 0.684. The van der Waals surface area contributed by atoms with Crippen LogP contribution in [0.5, 0.6) is 0 Å². The standard InChI is InChI=1S/C15H24O/c1-11-3-7-13(8-4-11)15(16)14-9-5-12(2)6-10-14/h7,11-12,14H,3-6,8-10H2,1-2H3. The summed E-state index contributed by atoms with van der Waals surface area (Å²) in [6, 6.07) is 0. The first-order valence-corrected chi connectivity index (χ1v) is 6.90. The van der Waals surface area contributed by atoms with Gasteiger partial charge in [-0.15, -0.1) is 0 Å². The molecular formula is C15H24O. The topological polar surface area (TPSA) is 17.1 Å². The van der Waals surface area contributed by atoms with E-state index in [0.717, 1.165) is 43.1 Å². The van der Waals surface area contributed by atoms with E-state index in [-0.39, 0.29) is 0 Å². The maximum absolute atomic E-state index is 12.3. The van der Waals surface area contributed by atoms with Gasteiger partial charge in [0.15, 0.2) is 5.78 Å².